The molecular weight excluding hydrogens is 300 g/mol. The number of hydrazine groups is 1. The molecule has 0 spiro atoms. The zero-order valence-corrected chi connectivity index (χ0v) is 13.5. The van der Waals surface area contributed by atoms with Crippen molar-refractivity contribution in [3.8, 4) is 5.75 Å². The third-order valence-electron chi connectivity index (χ3n) is 2.63. The highest BCUT2D eigenvalue weighted by molar-refractivity contribution is 5.99. The first-order valence-corrected chi connectivity index (χ1v) is 7.40. The van der Waals surface area contributed by atoms with Gasteiger partial charge in [-0.1, -0.05) is 26.0 Å². The molecule has 0 aromatic heterocycles. The van der Waals surface area contributed by atoms with Crippen LogP contribution in [0.2, 0.25) is 0 Å². The lowest BCUT2D eigenvalue weighted by Crippen LogP contribution is -2.42. The predicted molar refractivity (Wildman–Crippen MR) is 83.6 cm³/mol. The van der Waals surface area contributed by atoms with Gasteiger partial charge in [-0.25, -0.2) is 0 Å². The fourth-order valence-corrected chi connectivity index (χ4v) is 1.62. The molecule has 2 N–H and O–H groups in total. The van der Waals surface area contributed by atoms with Crippen molar-refractivity contribution >= 4 is 17.8 Å². The second-order valence-electron chi connectivity index (χ2n) is 5.19. The van der Waals surface area contributed by atoms with Crippen LogP contribution in [0.15, 0.2) is 24.3 Å². The average Bonchev–Trinajstić information content (AvgIpc) is 2.51. The Bertz CT molecular complexity index is 557. The van der Waals surface area contributed by atoms with Crippen LogP contribution < -0.4 is 15.6 Å². The van der Waals surface area contributed by atoms with E-state index >= 15 is 0 Å². The quantitative estimate of drug-likeness (QED) is 0.450. The van der Waals surface area contributed by atoms with Gasteiger partial charge in [0, 0.05) is 0 Å². The van der Waals surface area contributed by atoms with Gasteiger partial charge in [-0.2, -0.15) is 0 Å². The summed E-state index contributed by atoms with van der Waals surface area (Å²) < 4.78 is 10.2. The topological polar surface area (TPSA) is 93.7 Å². The third kappa shape index (κ3) is 6.82. The summed E-state index contributed by atoms with van der Waals surface area (Å²) in [6.07, 6.45) is -0.459. The number of hydrogen-bond acceptors (Lipinski definition) is 5. The van der Waals surface area contributed by atoms with Crippen molar-refractivity contribution in [3.05, 3.63) is 29.8 Å². The number of carbonyl (C=O) groups excluding carboxylic acids is 3. The standard InChI is InChI=1S/C16H22N2O5/c1-4-22-15(20)9-14(19)17-18-16(21)12-7-5-6-8-13(12)23-10-11(2)3/h5-8,11H,4,9-10H2,1-3H3,(H,17,19)(H,18,21). The van der Waals surface area contributed by atoms with Crippen LogP contribution >= 0.6 is 0 Å². The van der Waals surface area contributed by atoms with Crippen molar-refractivity contribution in [3.63, 3.8) is 0 Å². The zero-order valence-electron chi connectivity index (χ0n) is 13.5. The molecule has 2 amide bonds. The van der Waals surface area contributed by atoms with Gasteiger partial charge in [-0.05, 0) is 25.0 Å². The van der Waals surface area contributed by atoms with Crippen LogP contribution in [-0.2, 0) is 14.3 Å². The predicted octanol–water partition coefficient (Wildman–Crippen LogP) is 1.44. The van der Waals surface area contributed by atoms with E-state index in [-0.39, 0.29) is 6.61 Å². The molecule has 0 saturated carbocycles. The normalized spacial score (nSPS) is 10.1. The van der Waals surface area contributed by atoms with E-state index in [9.17, 15) is 14.4 Å². The Hall–Kier alpha value is -2.57. The number of rotatable bonds is 7. The van der Waals surface area contributed by atoms with E-state index < -0.39 is 24.2 Å². The molecule has 0 atom stereocenters. The van der Waals surface area contributed by atoms with E-state index in [2.05, 4.69) is 15.6 Å². The lowest BCUT2D eigenvalue weighted by molar-refractivity contribution is -0.146. The number of amides is 2. The zero-order chi connectivity index (χ0) is 17.2. The molecule has 1 rings (SSSR count). The highest BCUT2D eigenvalue weighted by Gasteiger charge is 2.15. The van der Waals surface area contributed by atoms with Crippen molar-refractivity contribution in [2.75, 3.05) is 13.2 Å². The minimum atomic E-state index is -0.655. The summed E-state index contributed by atoms with van der Waals surface area (Å²) in [5.74, 6) is -1.09. The minimum absolute atomic E-state index is 0.193. The van der Waals surface area contributed by atoms with Gasteiger partial charge in [0.05, 0.1) is 18.8 Å². The monoisotopic (exact) mass is 322 g/mol. The number of esters is 1. The van der Waals surface area contributed by atoms with Crippen LogP contribution in [0.1, 0.15) is 37.6 Å². The number of hydrogen-bond donors (Lipinski definition) is 2. The molecule has 0 aliphatic rings. The van der Waals surface area contributed by atoms with E-state index in [1.165, 1.54) is 0 Å². The first kappa shape index (κ1) is 18.5. The van der Waals surface area contributed by atoms with Crippen LogP contribution in [-0.4, -0.2) is 31.0 Å². The summed E-state index contributed by atoms with van der Waals surface area (Å²) in [5, 5.41) is 0. The van der Waals surface area contributed by atoms with Gasteiger partial charge in [0.25, 0.3) is 5.91 Å². The largest absolute Gasteiger partial charge is 0.492 e. The van der Waals surface area contributed by atoms with E-state index in [1.54, 1.807) is 31.2 Å². The molecule has 0 aliphatic heterocycles. The fourth-order valence-electron chi connectivity index (χ4n) is 1.62. The highest BCUT2D eigenvalue weighted by atomic mass is 16.5. The second kappa shape index (κ2) is 9.45. The first-order valence-electron chi connectivity index (χ1n) is 7.40. The molecule has 0 unspecified atom stereocenters. The van der Waals surface area contributed by atoms with Gasteiger partial charge >= 0.3 is 5.97 Å². The molecule has 0 bridgehead atoms. The molecule has 1 aromatic rings. The molecule has 0 saturated heterocycles. The Morgan fingerprint density at radius 3 is 2.48 bits per heavy atom. The summed E-state index contributed by atoms with van der Waals surface area (Å²) >= 11 is 0. The summed E-state index contributed by atoms with van der Waals surface area (Å²) in [7, 11) is 0. The molecule has 1 aromatic carbocycles. The summed E-state index contributed by atoms with van der Waals surface area (Å²) in [6.45, 7) is 6.31. The number of nitrogens with one attached hydrogen (secondary N) is 2. The Labute approximate surface area is 135 Å². The molecular formula is C16H22N2O5. The van der Waals surface area contributed by atoms with Gasteiger partial charge < -0.3 is 9.47 Å². The third-order valence-corrected chi connectivity index (χ3v) is 2.63. The van der Waals surface area contributed by atoms with Crippen molar-refractivity contribution in [2.45, 2.75) is 27.2 Å². The molecule has 0 radical (unpaired) electrons. The van der Waals surface area contributed by atoms with Crippen LogP contribution in [0.25, 0.3) is 0 Å². The van der Waals surface area contributed by atoms with Crippen LogP contribution in [0, 0.1) is 5.92 Å². The smallest absolute Gasteiger partial charge is 0.315 e. The van der Waals surface area contributed by atoms with Gasteiger partial charge in [0.2, 0.25) is 5.91 Å². The Morgan fingerprint density at radius 2 is 1.83 bits per heavy atom. The van der Waals surface area contributed by atoms with Crippen LogP contribution in [0.3, 0.4) is 0 Å². The molecule has 126 valence electrons. The first-order chi connectivity index (χ1) is 10.9. The van der Waals surface area contributed by atoms with Crippen molar-refractivity contribution in [1.82, 2.24) is 10.9 Å². The Kier molecular flexibility index (Phi) is 7.59. The van der Waals surface area contributed by atoms with Crippen molar-refractivity contribution in [1.29, 1.82) is 0 Å². The maximum atomic E-state index is 12.1. The van der Waals surface area contributed by atoms with Gasteiger partial charge in [0.1, 0.15) is 12.2 Å². The maximum absolute atomic E-state index is 12.1. The molecule has 7 heteroatoms. The van der Waals surface area contributed by atoms with Crippen molar-refractivity contribution < 1.29 is 23.9 Å². The molecule has 23 heavy (non-hydrogen) atoms. The molecule has 0 aliphatic carbocycles. The second-order valence-corrected chi connectivity index (χ2v) is 5.19. The van der Waals surface area contributed by atoms with Crippen molar-refractivity contribution in [2.24, 2.45) is 5.92 Å². The molecule has 0 heterocycles. The van der Waals surface area contributed by atoms with Crippen LogP contribution in [0.4, 0.5) is 0 Å². The summed E-state index contributed by atoms with van der Waals surface area (Å²) in [6, 6.07) is 6.71. The number of benzene rings is 1. The Balaban J connectivity index is 2.57. The maximum Gasteiger partial charge on any atom is 0.315 e. The van der Waals surface area contributed by atoms with E-state index in [1.807, 2.05) is 13.8 Å². The van der Waals surface area contributed by atoms with Crippen LogP contribution in [0.5, 0.6) is 5.75 Å². The lowest BCUT2D eigenvalue weighted by Gasteiger charge is -2.13. The van der Waals surface area contributed by atoms with E-state index in [0.29, 0.717) is 23.8 Å². The van der Waals surface area contributed by atoms with Gasteiger partial charge in [0.15, 0.2) is 0 Å². The number of para-hydroxylation sites is 1. The SMILES string of the molecule is CCOC(=O)CC(=O)NNC(=O)c1ccccc1OCC(C)C. The van der Waals surface area contributed by atoms with E-state index in [0.717, 1.165) is 0 Å². The summed E-state index contributed by atoms with van der Waals surface area (Å²) in [5.41, 5.74) is 4.71. The molecule has 0 fully saturated rings. The highest BCUT2D eigenvalue weighted by Crippen LogP contribution is 2.18. The summed E-state index contributed by atoms with van der Waals surface area (Å²) in [4.78, 5) is 34.8. The van der Waals surface area contributed by atoms with Gasteiger partial charge in [-0.3, -0.25) is 25.2 Å². The van der Waals surface area contributed by atoms with E-state index in [4.69, 9.17) is 4.74 Å². The molecule has 7 nitrogen and oxygen atoms in total. The minimum Gasteiger partial charge on any atom is -0.492 e. The van der Waals surface area contributed by atoms with Gasteiger partial charge in [-0.15, -0.1) is 0 Å². The lowest BCUT2D eigenvalue weighted by atomic mass is 10.2. The Morgan fingerprint density at radius 1 is 1.13 bits per heavy atom. The average molecular weight is 322 g/mol. The fraction of sp³-hybridized carbons (Fsp3) is 0.438. The number of carbonyl (C=O) groups is 3. The number of ether oxygens (including phenoxy) is 2.